The van der Waals surface area contributed by atoms with Gasteiger partial charge in [0.15, 0.2) is 12.3 Å². The molecule has 0 unspecified atom stereocenters. The summed E-state index contributed by atoms with van der Waals surface area (Å²) in [5.74, 6) is 0.147. The van der Waals surface area contributed by atoms with Crippen molar-refractivity contribution in [1.29, 1.82) is 0 Å². The molecule has 0 aromatic carbocycles. The zero-order valence-corrected chi connectivity index (χ0v) is 13.3. The normalized spacial score (nSPS) is 32.7. The van der Waals surface area contributed by atoms with Gasteiger partial charge in [0.2, 0.25) is 0 Å². The van der Waals surface area contributed by atoms with E-state index in [1.807, 2.05) is 6.92 Å². The number of nitrogens with two attached hydrogens (primary N) is 1. The molecule has 5 N–H and O–H groups in total. The SMILES string of the molecule is CCCc1cn([C@@H]2O[C@@H]3CO[P+](O)(O)O[C@H]3[C@H]2O)c(=O)nc1N. The average molecular weight is 348 g/mol. The van der Waals surface area contributed by atoms with Crippen molar-refractivity contribution < 1.29 is 28.7 Å². The molecule has 2 saturated heterocycles. The molecule has 10 nitrogen and oxygen atoms in total. The molecule has 1 aromatic rings. The van der Waals surface area contributed by atoms with Crippen LogP contribution in [0.15, 0.2) is 11.0 Å². The minimum atomic E-state index is -3.96. The highest BCUT2D eigenvalue weighted by molar-refractivity contribution is 7.54. The summed E-state index contributed by atoms with van der Waals surface area (Å²) < 4.78 is 16.5. The van der Waals surface area contributed by atoms with Crippen molar-refractivity contribution in [3.63, 3.8) is 0 Å². The van der Waals surface area contributed by atoms with E-state index >= 15 is 0 Å². The summed E-state index contributed by atoms with van der Waals surface area (Å²) >= 11 is 0. The number of hydrogen-bond acceptors (Lipinski definition) is 9. The number of fused-ring (bicyclic) bond motifs is 1. The molecule has 23 heavy (non-hydrogen) atoms. The van der Waals surface area contributed by atoms with Gasteiger partial charge in [0.1, 0.15) is 24.6 Å². The molecule has 4 atom stereocenters. The summed E-state index contributed by atoms with van der Waals surface area (Å²) in [5.41, 5.74) is 5.73. The van der Waals surface area contributed by atoms with Crippen LogP contribution in [0.5, 0.6) is 0 Å². The Hall–Kier alpha value is -1.13. The Balaban J connectivity index is 1.91. The number of aryl methyl sites for hydroxylation is 1. The molecule has 11 heteroatoms. The average Bonchev–Trinajstić information content (AvgIpc) is 2.78. The molecule has 128 valence electrons. The number of anilines is 1. The summed E-state index contributed by atoms with van der Waals surface area (Å²) in [5, 5.41) is 10.4. The zero-order valence-electron chi connectivity index (χ0n) is 12.4. The minimum absolute atomic E-state index is 0.147. The Morgan fingerprint density at radius 2 is 2.26 bits per heavy atom. The summed E-state index contributed by atoms with van der Waals surface area (Å²) in [7, 11) is -3.96. The molecular formula is C12H19N3O7P+. The first-order valence-corrected chi connectivity index (χ1v) is 8.74. The van der Waals surface area contributed by atoms with Gasteiger partial charge in [0.05, 0.1) is 0 Å². The predicted molar refractivity (Wildman–Crippen MR) is 79.0 cm³/mol. The topological polar surface area (TPSA) is 149 Å². The molecule has 1 aromatic heterocycles. The van der Waals surface area contributed by atoms with E-state index in [9.17, 15) is 19.7 Å². The second kappa shape index (κ2) is 6.06. The highest BCUT2D eigenvalue weighted by atomic mass is 31.2. The smallest absolute Gasteiger partial charge is 0.385 e. The fraction of sp³-hybridized carbons (Fsp3) is 0.667. The van der Waals surface area contributed by atoms with Crippen molar-refractivity contribution in [2.75, 3.05) is 12.3 Å². The monoisotopic (exact) mass is 348 g/mol. The Morgan fingerprint density at radius 1 is 1.52 bits per heavy atom. The summed E-state index contributed by atoms with van der Waals surface area (Å²) in [4.78, 5) is 34.7. The number of nitrogen functional groups attached to an aromatic ring is 1. The number of aliphatic hydroxyl groups excluding tert-OH is 1. The fourth-order valence-electron chi connectivity index (χ4n) is 2.74. The maximum absolute atomic E-state index is 12.1. The number of hydrogen-bond donors (Lipinski definition) is 4. The van der Waals surface area contributed by atoms with Crippen LogP contribution in [0, 0.1) is 0 Å². The summed E-state index contributed by atoms with van der Waals surface area (Å²) in [6.07, 6.45) is -1.14. The lowest BCUT2D eigenvalue weighted by molar-refractivity contribution is -0.0763. The van der Waals surface area contributed by atoms with Crippen LogP contribution in [0.4, 0.5) is 5.82 Å². The van der Waals surface area contributed by atoms with E-state index in [-0.39, 0.29) is 12.4 Å². The van der Waals surface area contributed by atoms with E-state index in [0.29, 0.717) is 12.0 Å². The van der Waals surface area contributed by atoms with Crippen LogP contribution in [0.1, 0.15) is 25.1 Å². The van der Waals surface area contributed by atoms with E-state index in [4.69, 9.17) is 19.5 Å². The summed E-state index contributed by atoms with van der Waals surface area (Å²) in [6.45, 7) is 1.80. The molecule has 2 aliphatic rings. The molecule has 0 aliphatic carbocycles. The number of nitrogens with zero attached hydrogens (tertiary/aromatic N) is 2. The molecule has 2 fully saturated rings. The Morgan fingerprint density at radius 3 is 2.96 bits per heavy atom. The van der Waals surface area contributed by atoms with Crippen LogP contribution in [0.3, 0.4) is 0 Å². The Kier molecular flexibility index (Phi) is 4.41. The standard InChI is InChI=1S/C12H18N3O7P/c1-2-3-6-4-15(12(17)14-10(6)13)11-8(16)9-7(21-11)5-20-23(18,19)22-9/h4,7-9,11,16,18-19H,2-3,5H2,1H3,(H-,13,14,17)/p+1/t7-,8-,9-,11-/m1/s1. The first-order valence-electron chi connectivity index (χ1n) is 7.21. The van der Waals surface area contributed by atoms with Gasteiger partial charge in [0.25, 0.3) is 0 Å². The lowest BCUT2D eigenvalue weighted by Gasteiger charge is -2.24. The van der Waals surface area contributed by atoms with Gasteiger partial charge in [-0.1, -0.05) is 13.3 Å². The number of rotatable bonds is 3. The van der Waals surface area contributed by atoms with Crippen LogP contribution < -0.4 is 11.4 Å². The molecule has 0 bridgehead atoms. The molecule has 2 aliphatic heterocycles. The van der Waals surface area contributed by atoms with Gasteiger partial charge in [-0.2, -0.15) is 19.3 Å². The van der Waals surface area contributed by atoms with Crippen molar-refractivity contribution in [2.45, 2.75) is 44.3 Å². The lowest BCUT2D eigenvalue weighted by atomic mass is 10.1. The fourth-order valence-corrected chi connectivity index (χ4v) is 3.72. The third kappa shape index (κ3) is 3.11. The molecule has 3 rings (SSSR count). The van der Waals surface area contributed by atoms with E-state index in [1.54, 1.807) is 0 Å². The minimum Gasteiger partial charge on any atom is -0.385 e. The molecule has 0 spiro atoms. The van der Waals surface area contributed by atoms with Gasteiger partial charge in [0, 0.05) is 11.8 Å². The number of ether oxygens (including phenoxy) is 1. The van der Waals surface area contributed by atoms with Crippen LogP contribution in [0.25, 0.3) is 0 Å². The van der Waals surface area contributed by atoms with Crippen molar-refractivity contribution in [2.24, 2.45) is 0 Å². The van der Waals surface area contributed by atoms with E-state index in [1.165, 1.54) is 6.20 Å². The van der Waals surface area contributed by atoms with Gasteiger partial charge >= 0.3 is 13.9 Å². The molecule has 0 saturated carbocycles. The second-order valence-corrected chi connectivity index (χ2v) is 6.95. The highest BCUT2D eigenvalue weighted by Gasteiger charge is 2.59. The summed E-state index contributed by atoms with van der Waals surface area (Å²) in [6, 6.07) is 0. The quantitative estimate of drug-likeness (QED) is 0.510. The van der Waals surface area contributed by atoms with E-state index in [0.717, 1.165) is 11.0 Å². The van der Waals surface area contributed by atoms with Crippen LogP contribution in [-0.4, -0.2) is 49.4 Å². The number of aromatic nitrogens is 2. The maximum atomic E-state index is 12.1. The Labute approximate surface area is 132 Å². The van der Waals surface area contributed by atoms with E-state index < -0.39 is 38.4 Å². The predicted octanol–water partition coefficient (Wildman–Crippen LogP) is -0.886. The largest absolute Gasteiger partial charge is 0.570 e. The molecule has 3 heterocycles. The van der Waals surface area contributed by atoms with Gasteiger partial charge < -0.3 is 15.6 Å². The third-order valence-electron chi connectivity index (χ3n) is 3.83. The molecular weight excluding hydrogens is 329 g/mol. The Bertz CT molecular complexity index is 652. The zero-order chi connectivity index (χ0) is 16.8. The second-order valence-electron chi connectivity index (χ2n) is 5.50. The van der Waals surface area contributed by atoms with Crippen molar-refractivity contribution in [3.8, 4) is 0 Å². The first kappa shape index (κ1) is 16.7. The first-order chi connectivity index (χ1) is 10.8. The molecule has 0 radical (unpaired) electrons. The van der Waals surface area contributed by atoms with Gasteiger partial charge in [-0.3, -0.25) is 4.57 Å². The highest BCUT2D eigenvalue weighted by Crippen LogP contribution is 2.58. The van der Waals surface area contributed by atoms with Crippen molar-refractivity contribution in [1.82, 2.24) is 9.55 Å². The number of aliphatic hydroxyl groups is 1. The van der Waals surface area contributed by atoms with Crippen LogP contribution in [-0.2, 0) is 20.2 Å². The van der Waals surface area contributed by atoms with Crippen LogP contribution in [0.2, 0.25) is 0 Å². The van der Waals surface area contributed by atoms with E-state index in [2.05, 4.69) is 4.98 Å². The molecule has 0 amide bonds. The van der Waals surface area contributed by atoms with Crippen LogP contribution >= 0.6 is 8.17 Å². The lowest BCUT2D eigenvalue weighted by Crippen LogP contribution is -2.41. The van der Waals surface area contributed by atoms with Gasteiger partial charge in [-0.15, -0.1) is 4.52 Å². The maximum Gasteiger partial charge on any atom is 0.570 e. The van der Waals surface area contributed by atoms with Crippen molar-refractivity contribution in [3.05, 3.63) is 22.2 Å². The van der Waals surface area contributed by atoms with Crippen molar-refractivity contribution >= 4 is 14.0 Å². The third-order valence-corrected chi connectivity index (χ3v) is 4.83. The van der Waals surface area contributed by atoms with Gasteiger partial charge in [-0.25, -0.2) is 4.79 Å². The van der Waals surface area contributed by atoms with Gasteiger partial charge in [-0.05, 0) is 6.42 Å².